The predicted molar refractivity (Wildman–Crippen MR) is 78.5 cm³/mol. The first kappa shape index (κ1) is 13.9. The molecule has 0 saturated carbocycles. The van der Waals surface area contributed by atoms with E-state index < -0.39 is 0 Å². The standard InChI is InChI=1S/C14H19ClN4/c1-14(2,3)11-7-13(17-9-12(11)15)16-8-10-5-6-18-19(10)4/h5-7,9H,8H2,1-4H3,(H,16,17). The van der Waals surface area contributed by atoms with Crippen LogP contribution in [0.5, 0.6) is 0 Å². The van der Waals surface area contributed by atoms with Gasteiger partial charge in [-0.25, -0.2) is 4.98 Å². The van der Waals surface area contributed by atoms with Gasteiger partial charge in [0, 0.05) is 19.4 Å². The van der Waals surface area contributed by atoms with Gasteiger partial charge >= 0.3 is 0 Å². The Morgan fingerprint density at radius 3 is 2.68 bits per heavy atom. The maximum absolute atomic E-state index is 6.20. The molecule has 0 fully saturated rings. The van der Waals surface area contributed by atoms with E-state index in [1.54, 1.807) is 12.4 Å². The number of halogens is 1. The van der Waals surface area contributed by atoms with Crippen LogP contribution in [0.15, 0.2) is 24.5 Å². The zero-order chi connectivity index (χ0) is 14.0. The fourth-order valence-electron chi connectivity index (χ4n) is 1.87. The highest BCUT2D eigenvalue weighted by Gasteiger charge is 2.18. The molecule has 0 amide bonds. The monoisotopic (exact) mass is 278 g/mol. The number of pyridine rings is 1. The third-order valence-corrected chi connectivity index (χ3v) is 3.34. The highest BCUT2D eigenvalue weighted by molar-refractivity contribution is 6.31. The van der Waals surface area contributed by atoms with Crippen LogP contribution in [0.3, 0.4) is 0 Å². The Kier molecular flexibility index (Phi) is 3.80. The lowest BCUT2D eigenvalue weighted by atomic mass is 9.87. The van der Waals surface area contributed by atoms with Crippen molar-refractivity contribution in [3.05, 3.63) is 40.8 Å². The minimum absolute atomic E-state index is 0.00296. The third-order valence-electron chi connectivity index (χ3n) is 3.04. The molecule has 0 atom stereocenters. The molecule has 0 aliphatic heterocycles. The van der Waals surface area contributed by atoms with E-state index in [1.165, 1.54) is 0 Å². The summed E-state index contributed by atoms with van der Waals surface area (Å²) >= 11 is 6.20. The summed E-state index contributed by atoms with van der Waals surface area (Å²) in [7, 11) is 1.92. The van der Waals surface area contributed by atoms with Crippen LogP contribution in [-0.2, 0) is 19.0 Å². The van der Waals surface area contributed by atoms with Crippen molar-refractivity contribution < 1.29 is 0 Å². The van der Waals surface area contributed by atoms with Crippen molar-refractivity contribution in [3.8, 4) is 0 Å². The van der Waals surface area contributed by atoms with Gasteiger partial charge in [0.05, 0.1) is 17.3 Å². The molecule has 2 heterocycles. The summed E-state index contributed by atoms with van der Waals surface area (Å²) in [6.45, 7) is 7.10. The highest BCUT2D eigenvalue weighted by Crippen LogP contribution is 2.30. The van der Waals surface area contributed by atoms with E-state index >= 15 is 0 Å². The Balaban J connectivity index is 2.16. The summed E-state index contributed by atoms with van der Waals surface area (Å²) < 4.78 is 1.84. The summed E-state index contributed by atoms with van der Waals surface area (Å²) in [5.41, 5.74) is 2.20. The van der Waals surface area contributed by atoms with E-state index in [1.807, 2.05) is 23.9 Å². The fourth-order valence-corrected chi connectivity index (χ4v) is 2.25. The predicted octanol–water partition coefficient (Wildman–Crippen LogP) is 3.38. The topological polar surface area (TPSA) is 42.7 Å². The van der Waals surface area contributed by atoms with Crippen LogP contribution in [0.2, 0.25) is 5.02 Å². The van der Waals surface area contributed by atoms with E-state index in [-0.39, 0.29) is 5.41 Å². The zero-order valence-electron chi connectivity index (χ0n) is 11.7. The van der Waals surface area contributed by atoms with Crippen LogP contribution in [0.1, 0.15) is 32.0 Å². The largest absolute Gasteiger partial charge is 0.364 e. The average molecular weight is 279 g/mol. The molecule has 0 aliphatic rings. The van der Waals surface area contributed by atoms with Crippen LogP contribution >= 0.6 is 11.6 Å². The molecular formula is C14H19ClN4. The first-order valence-corrected chi connectivity index (χ1v) is 6.62. The molecule has 19 heavy (non-hydrogen) atoms. The Morgan fingerprint density at radius 1 is 1.37 bits per heavy atom. The normalized spacial score (nSPS) is 11.6. The van der Waals surface area contributed by atoms with Crippen molar-refractivity contribution in [2.45, 2.75) is 32.7 Å². The van der Waals surface area contributed by atoms with Crippen molar-refractivity contribution in [2.75, 3.05) is 5.32 Å². The minimum Gasteiger partial charge on any atom is -0.364 e. The molecule has 0 aliphatic carbocycles. The van der Waals surface area contributed by atoms with Gasteiger partial charge in [-0.2, -0.15) is 5.10 Å². The molecular weight excluding hydrogens is 260 g/mol. The number of hydrogen-bond acceptors (Lipinski definition) is 3. The van der Waals surface area contributed by atoms with Crippen LogP contribution in [0.25, 0.3) is 0 Å². The number of anilines is 1. The van der Waals surface area contributed by atoms with Gasteiger partial charge in [0.2, 0.25) is 0 Å². The summed E-state index contributed by atoms with van der Waals surface area (Å²) in [5, 5.41) is 8.14. The van der Waals surface area contributed by atoms with E-state index in [0.717, 1.165) is 17.1 Å². The van der Waals surface area contributed by atoms with Gasteiger partial charge in [-0.15, -0.1) is 0 Å². The number of hydrogen-bond donors (Lipinski definition) is 1. The molecule has 2 rings (SSSR count). The van der Waals surface area contributed by atoms with Gasteiger partial charge in [-0.05, 0) is 23.1 Å². The summed E-state index contributed by atoms with van der Waals surface area (Å²) in [4.78, 5) is 4.31. The van der Waals surface area contributed by atoms with E-state index in [9.17, 15) is 0 Å². The van der Waals surface area contributed by atoms with Gasteiger partial charge in [-0.3, -0.25) is 4.68 Å². The van der Waals surface area contributed by atoms with Gasteiger partial charge in [0.1, 0.15) is 5.82 Å². The lowest BCUT2D eigenvalue weighted by molar-refractivity contribution is 0.589. The zero-order valence-corrected chi connectivity index (χ0v) is 12.5. The highest BCUT2D eigenvalue weighted by atomic mass is 35.5. The number of rotatable bonds is 3. The molecule has 0 aromatic carbocycles. The van der Waals surface area contributed by atoms with Crippen molar-refractivity contribution in [1.29, 1.82) is 0 Å². The molecule has 0 radical (unpaired) electrons. The second kappa shape index (κ2) is 5.21. The molecule has 4 nitrogen and oxygen atoms in total. The van der Waals surface area contributed by atoms with Crippen molar-refractivity contribution in [1.82, 2.24) is 14.8 Å². The average Bonchev–Trinajstić information content (AvgIpc) is 2.72. The second-order valence-electron chi connectivity index (χ2n) is 5.60. The first-order chi connectivity index (χ1) is 8.88. The maximum Gasteiger partial charge on any atom is 0.126 e. The van der Waals surface area contributed by atoms with Crippen molar-refractivity contribution >= 4 is 17.4 Å². The van der Waals surface area contributed by atoms with Crippen LogP contribution in [-0.4, -0.2) is 14.8 Å². The van der Waals surface area contributed by atoms with E-state index in [2.05, 4.69) is 36.2 Å². The number of nitrogens with one attached hydrogen (secondary N) is 1. The minimum atomic E-state index is 0.00296. The molecule has 0 unspecified atom stereocenters. The van der Waals surface area contributed by atoms with Crippen LogP contribution in [0.4, 0.5) is 5.82 Å². The molecule has 2 aromatic heterocycles. The second-order valence-corrected chi connectivity index (χ2v) is 6.01. The third kappa shape index (κ3) is 3.26. The van der Waals surface area contributed by atoms with Crippen LogP contribution < -0.4 is 5.32 Å². The Hall–Kier alpha value is -1.55. The quantitative estimate of drug-likeness (QED) is 0.936. The summed E-state index contributed by atoms with van der Waals surface area (Å²) in [6, 6.07) is 3.99. The van der Waals surface area contributed by atoms with Gasteiger partial charge < -0.3 is 5.32 Å². The molecule has 2 aromatic rings. The number of aryl methyl sites for hydroxylation is 1. The Labute approximate surface area is 118 Å². The molecule has 5 heteroatoms. The molecule has 1 N–H and O–H groups in total. The molecule has 102 valence electrons. The van der Waals surface area contributed by atoms with E-state index in [4.69, 9.17) is 11.6 Å². The smallest absolute Gasteiger partial charge is 0.126 e. The Bertz CT molecular complexity index is 569. The lowest BCUT2D eigenvalue weighted by Crippen LogP contribution is -2.13. The first-order valence-electron chi connectivity index (χ1n) is 6.24. The molecule has 0 saturated heterocycles. The number of nitrogens with zero attached hydrogens (tertiary/aromatic N) is 3. The number of aromatic nitrogens is 3. The summed E-state index contributed by atoms with van der Waals surface area (Å²) in [5.74, 6) is 0.829. The maximum atomic E-state index is 6.20. The lowest BCUT2D eigenvalue weighted by Gasteiger charge is -2.21. The van der Waals surface area contributed by atoms with Crippen molar-refractivity contribution in [2.24, 2.45) is 7.05 Å². The summed E-state index contributed by atoms with van der Waals surface area (Å²) in [6.07, 6.45) is 3.49. The van der Waals surface area contributed by atoms with Gasteiger partial charge in [0.25, 0.3) is 0 Å². The SMILES string of the molecule is Cn1nccc1CNc1cc(C(C)(C)C)c(Cl)cn1. The fraction of sp³-hybridized carbons (Fsp3) is 0.429. The molecule has 0 bridgehead atoms. The van der Waals surface area contributed by atoms with Crippen molar-refractivity contribution in [3.63, 3.8) is 0 Å². The van der Waals surface area contributed by atoms with Gasteiger partial charge in [0.15, 0.2) is 0 Å². The molecule has 0 spiro atoms. The van der Waals surface area contributed by atoms with Gasteiger partial charge in [-0.1, -0.05) is 32.4 Å². The van der Waals surface area contributed by atoms with Crippen LogP contribution in [0, 0.1) is 0 Å². The Morgan fingerprint density at radius 2 is 2.11 bits per heavy atom. The van der Waals surface area contributed by atoms with E-state index in [0.29, 0.717) is 11.6 Å².